The van der Waals surface area contributed by atoms with Crippen molar-refractivity contribution in [1.82, 2.24) is 5.32 Å². The fraction of sp³-hybridized carbons (Fsp3) is 0.667. The maximum atomic E-state index is 11.4. The van der Waals surface area contributed by atoms with E-state index in [1.807, 2.05) is 17.8 Å². The summed E-state index contributed by atoms with van der Waals surface area (Å²) in [5.74, 6) is 0.628. The Hall–Kier alpha value is -0.940. The number of esters is 1. The second-order valence-electron chi connectivity index (χ2n) is 5.29. The van der Waals surface area contributed by atoms with Gasteiger partial charge in [0.15, 0.2) is 0 Å². The molecule has 1 fully saturated rings. The highest BCUT2D eigenvalue weighted by atomic mass is 32.2. The van der Waals surface area contributed by atoms with E-state index in [0.29, 0.717) is 6.04 Å². The van der Waals surface area contributed by atoms with Gasteiger partial charge in [-0.3, -0.25) is 0 Å². The summed E-state index contributed by atoms with van der Waals surface area (Å²) in [6, 6.07) is 4.17. The van der Waals surface area contributed by atoms with Gasteiger partial charge >= 0.3 is 5.97 Å². The van der Waals surface area contributed by atoms with Crippen molar-refractivity contribution in [2.75, 3.05) is 13.4 Å². The van der Waals surface area contributed by atoms with Crippen LogP contribution in [-0.4, -0.2) is 30.6 Å². The number of methoxy groups -OCH3 is 1. The lowest BCUT2D eigenvalue weighted by atomic mass is 9.94. The molecular weight excluding hydrogens is 274 g/mol. The Bertz CT molecular complexity index is 438. The maximum Gasteiger partial charge on any atom is 0.373 e. The van der Waals surface area contributed by atoms with Crippen LogP contribution in [-0.2, 0) is 4.74 Å². The number of hydrogen-bond donors (Lipinski definition) is 1. The van der Waals surface area contributed by atoms with E-state index in [4.69, 9.17) is 4.42 Å². The molecule has 1 unspecified atom stereocenters. The number of rotatable bonds is 5. The van der Waals surface area contributed by atoms with Crippen molar-refractivity contribution in [2.45, 2.75) is 49.9 Å². The van der Waals surface area contributed by atoms with Gasteiger partial charge in [0.2, 0.25) is 5.76 Å². The number of thioether (sulfide) groups is 1. The van der Waals surface area contributed by atoms with E-state index in [1.165, 1.54) is 32.8 Å². The average molecular weight is 297 g/mol. The minimum atomic E-state index is -0.427. The first-order valence-electron chi connectivity index (χ1n) is 7.11. The number of furan rings is 1. The van der Waals surface area contributed by atoms with Gasteiger partial charge in [0.25, 0.3) is 0 Å². The highest BCUT2D eigenvalue weighted by molar-refractivity contribution is 7.99. The van der Waals surface area contributed by atoms with E-state index in [9.17, 15) is 4.79 Å². The summed E-state index contributed by atoms with van der Waals surface area (Å²) < 4.78 is 10.2. The summed E-state index contributed by atoms with van der Waals surface area (Å²) in [7, 11) is 1.36. The van der Waals surface area contributed by atoms with Gasteiger partial charge in [-0.05, 0) is 51.0 Å². The molecule has 1 saturated carbocycles. The predicted octanol–water partition coefficient (Wildman–Crippen LogP) is 3.39. The first kappa shape index (κ1) is 15.4. The van der Waals surface area contributed by atoms with Gasteiger partial charge in [0, 0.05) is 11.3 Å². The molecule has 0 aromatic carbocycles. The molecule has 1 N–H and O–H groups in total. The SMILES string of the molecule is COC(=O)c1ccc(C(C)NC2CCC(SC)CC2)o1. The minimum Gasteiger partial charge on any atom is -0.463 e. The Morgan fingerprint density at radius 3 is 2.70 bits per heavy atom. The molecule has 4 nitrogen and oxygen atoms in total. The summed E-state index contributed by atoms with van der Waals surface area (Å²) in [5.41, 5.74) is 0. The van der Waals surface area contributed by atoms with E-state index in [-0.39, 0.29) is 11.8 Å². The molecule has 112 valence electrons. The topological polar surface area (TPSA) is 51.5 Å². The summed E-state index contributed by atoms with van der Waals surface area (Å²) >= 11 is 1.97. The quantitative estimate of drug-likeness (QED) is 0.844. The zero-order valence-corrected chi connectivity index (χ0v) is 13.2. The molecule has 0 spiro atoms. The lowest BCUT2D eigenvalue weighted by Gasteiger charge is -2.30. The Labute approximate surface area is 124 Å². The summed E-state index contributed by atoms with van der Waals surface area (Å²) in [6.07, 6.45) is 7.16. The van der Waals surface area contributed by atoms with Crippen molar-refractivity contribution in [3.8, 4) is 0 Å². The highest BCUT2D eigenvalue weighted by Crippen LogP contribution is 2.28. The number of carbonyl (C=O) groups excluding carboxylic acids is 1. The largest absolute Gasteiger partial charge is 0.463 e. The van der Waals surface area contributed by atoms with Gasteiger partial charge < -0.3 is 14.5 Å². The lowest BCUT2D eigenvalue weighted by molar-refractivity contribution is 0.0562. The number of carbonyl (C=O) groups is 1. The van der Waals surface area contributed by atoms with Crippen LogP contribution in [0.4, 0.5) is 0 Å². The molecule has 1 aliphatic rings. The molecule has 0 radical (unpaired) electrons. The van der Waals surface area contributed by atoms with Crippen molar-refractivity contribution in [3.63, 3.8) is 0 Å². The summed E-state index contributed by atoms with van der Waals surface area (Å²) in [5, 5.41) is 4.41. The molecule has 1 aromatic rings. The van der Waals surface area contributed by atoms with Gasteiger partial charge in [0.05, 0.1) is 13.2 Å². The van der Waals surface area contributed by atoms with Crippen LogP contribution in [0.3, 0.4) is 0 Å². The molecule has 0 bridgehead atoms. The van der Waals surface area contributed by atoms with Gasteiger partial charge in [-0.1, -0.05) is 0 Å². The Kier molecular flexibility index (Phi) is 5.54. The highest BCUT2D eigenvalue weighted by Gasteiger charge is 2.23. The van der Waals surface area contributed by atoms with E-state index in [0.717, 1.165) is 11.0 Å². The monoisotopic (exact) mass is 297 g/mol. The molecule has 1 heterocycles. The van der Waals surface area contributed by atoms with Crippen molar-refractivity contribution in [3.05, 3.63) is 23.7 Å². The zero-order chi connectivity index (χ0) is 14.5. The first-order valence-corrected chi connectivity index (χ1v) is 8.39. The zero-order valence-electron chi connectivity index (χ0n) is 12.3. The van der Waals surface area contributed by atoms with Crippen LogP contribution in [0.1, 0.15) is 55.0 Å². The van der Waals surface area contributed by atoms with Crippen LogP contribution in [0.5, 0.6) is 0 Å². The van der Waals surface area contributed by atoms with Crippen molar-refractivity contribution < 1.29 is 13.9 Å². The van der Waals surface area contributed by atoms with E-state index < -0.39 is 5.97 Å². The van der Waals surface area contributed by atoms with E-state index in [1.54, 1.807) is 6.07 Å². The number of hydrogen-bond acceptors (Lipinski definition) is 5. The standard InChI is InChI=1S/C15H23NO3S/c1-10(13-8-9-14(19-13)15(17)18-2)16-11-4-6-12(20-3)7-5-11/h8-12,16H,4-7H2,1-3H3. The number of nitrogens with one attached hydrogen (secondary N) is 1. The van der Waals surface area contributed by atoms with Crippen LogP contribution in [0.25, 0.3) is 0 Å². The minimum absolute atomic E-state index is 0.115. The maximum absolute atomic E-state index is 11.4. The third-order valence-electron chi connectivity index (χ3n) is 3.93. The Morgan fingerprint density at radius 2 is 2.10 bits per heavy atom. The molecule has 1 aromatic heterocycles. The molecule has 0 saturated heterocycles. The van der Waals surface area contributed by atoms with Gasteiger partial charge in [0.1, 0.15) is 5.76 Å². The molecule has 1 aliphatic carbocycles. The molecule has 5 heteroatoms. The van der Waals surface area contributed by atoms with Crippen LogP contribution < -0.4 is 5.32 Å². The van der Waals surface area contributed by atoms with Gasteiger partial charge in [-0.25, -0.2) is 4.79 Å². The van der Waals surface area contributed by atoms with Gasteiger partial charge in [-0.15, -0.1) is 0 Å². The molecule has 0 aliphatic heterocycles. The molecule has 1 atom stereocenters. The van der Waals surface area contributed by atoms with Crippen LogP contribution in [0.2, 0.25) is 0 Å². The summed E-state index contributed by atoms with van der Waals surface area (Å²) in [6.45, 7) is 2.07. The molecule has 2 rings (SSSR count). The van der Waals surface area contributed by atoms with Crippen molar-refractivity contribution in [1.29, 1.82) is 0 Å². The molecular formula is C15H23NO3S. The number of ether oxygens (including phenoxy) is 1. The Morgan fingerprint density at radius 1 is 1.40 bits per heavy atom. The van der Waals surface area contributed by atoms with Crippen LogP contribution >= 0.6 is 11.8 Å². The third kappa shape index (κ3) is 3.79. The third-order valence-corrected chi connectivity index (χ3v) is 5.07. The first-order chi connectivity index (χ1) is 9.63. The Balaban J connectivity index is 1.87. The fourth-order valence-electron chi connectivity index (χ4n) is 2.70. The second-order valence-corrected chi connectivity index (χ2v) is 6.43. The van der Waals surface area contributed by atoms with E-state index >= 15 is 0 Å². The van der Waals surface area contributed by atoms with Crippen LogP contribution in [0, 0.1) is 0 Å². The van der Waals surface area contributed by atoms with E-state index in [2.05, 4.69) is 23.2 Å². The van der Waals surface area contributed by atoms with Crippen molar-refractivity contribution in [2.24, 2.45) is 0 Å². The van der Waals surface area contributed by atoms with Gasteiger partial charge in [-0.2, -0.15) is 11.8 Å². The molecule has 0 amide bonds. The predicted molar refractivity (Wildman–Crippen MR) is 81.2 cm³/mol. The molecule has 20 heavy (non-hydrogen) atoms. The second kappa shape index (κ2) is 7.18. The normalized spacial score (nSPS) is 24.4. The fourth-order valence-corrected chi connectivity index (χ4v) is 3.44. The van der Waals surface area contributed by atoms with Crippen molar-refractivity contribution >= 4 is 17.7 Å². The van der Waals surface area contributed by atoms with Crippen LogP contribution in [0.15, 0.2) is 16.5 Å². The lowest BCUT2D eigenvalue weighted by Crippen LogP contribution is -2.35. The average Bonchev–Trinajstić information content (AvgIpc) is 2.97. The summed E-state index contributed by atoms with van der Waals surface area (Å²) in [4.78, 5) is 11.4. The smallest absolute Gasteiger partial charge is 0.373 e.